The van der Waals surface area contributed by atoms with Gasteiger partial charge in [0.05, 0.1) is 10.6 Å². The molecule has 2 aliphatic rings. The van der Waals surface area contributed by atoms with E-state index in [0.29, 0.717) is 54.6 Å². The van der Waals surface area contributed by atoms with Crippen LogP contribution in [0.15, 0.2) is 117 Å². The van der Waals surface area contributed by atoms with Crippen molar-refractivity contribution in [3.8, 4) is 0 Å². The van der Waals surface area contributed by atoms with Crippen molar-refractivity contribution in [1.29, 1.82) is 0 Å². The first kappa shape index (κ1) is 45.5. The second kappa shape index (κ2) is 20.2. The standard InChI is InChI=1S/C43H49ClF3N5O5S3/c1-52(36-19-20-36)26-23-35(29-58-37-8-3-2-4-9-37)50-40-22-21-38(27-41(40)59(54,55)43(45,46)47)60(56,57)51-42(53)31-13-17-34(18-14-31)49-25-24-48-28-32-7-5-6-10-39(32)30-11-15-33(44)16-12-30/h2-4,8-9,11-18,21-22,27,35-36,48-50H,5-7,10,19-20,23-26,28-29H2,1H3,(H,51,53)/t35-/m1/s1. The molecule has 0 heterocycles. The molecule has 1 amide bonds. The van der Waals surface area contributed by atoms with E-state index in [2.05, 4.69) is 33.0 Å². The summed E-state index contributed by atoms with van der Waals surface area (Å²) in [6, 6.07) is 25.7. The fourth-order valence-corrected chi connectivity index (χ4v) is 10.1. The monoisotopic (exact) mass is 903 g/mol. The lowest BCUT2D eigenvalue weighted by Gasteiger charge is -2.25. The first-order valence-corrected chi connectivity index (χ1v) is 24.1. The van der Waals surface area contributed by atoms with E-state index in [-0.39, 0.29) is 5.56 Å². The van der Waals surface area contributed by atoms with Gasteiger partial charge in [0.25, 0.3) is 25.8 Å². The Hall–Kier alpha value is -4.06. The minimum absolute atomic E-state index is 0.0300. The lowest BCUT2D eigenvalue weighted by Crippen LogP contribution is -2.32. The molecule has 4 N–H and O–H groups in total. The van der Waals surface area contributed by atoms with Crippen LogP contribution in [0.3, 0.4) is 0 Å². The number of amides is 1. The summed E-state index contributed by atoms with van der Waals surface area (Å²) >= 11 is 7.54. The number of thioether (sulfide) groups is 1. The molecular weight excluding hydrogens is 855 g/mol. The third kappa shape index (κ3) is 12.3. The molecular formula is C43H49ClF3N5O5S3. The smallest absolute Gasteiger partial charge is 0.384 e. The summed E-state index contributed by atoms with van der Waals surface area (Å²) in [7, 11) is -8.88. The average Bonchev–Trinajstić information content (AvgIpc) is 4.08. The second-order valence-corrected chi connectivity index (χ2v) is 20.1. The van der Waals surface area contributed by atoms with Gasteiger partial charge in [-0.15, -0.1) is 11.8 Å². The highest BCUT2D eigenvalue weighted by Gasteiger charge is 2.48. The zero-order chi connectivity index (χ0) is 42.9. The first-order chi connectivity index (χ1) is 28.6. The number of hydrogen-bond acceptors (Lipinski definition) is 10. The summed E-state index contributed by atoms with van der Waals surface area (Å²) in [5.74, 6) is -0.652. The van der Waals surface area contributed by atoms with Crippen molar-refractivity contribution in [2.24, 2.45) is 0 Å². The molecule has 6 rings (SSSR count). The minimum Gasteiger partial charge on any atom is -0.384 e. The number of sulfone groups is 1. The molecule has 0 aromatic heterocycles. The lowest BCUT2D eigenvalue weighted by atomic mass is 9.87. The van der Waals surface area contributed by atoms with E-state index in [9.17, 15) is 34.8 Å². The number of anilines is 2. The van der Waals surface area contributed by atoms with Crippen molar-refractivity contribution in [3.63, 3.8) is 0 Å². The molecule has 4 aromatic carbocycles. The summed E-state index contributed by atoms with van der Waals surface area (Å²) < 4.78 is 96.8. The molecule has 10 nitrogen and oxygen atoms in total. The SMILES string of the molecule is CN(CC[C@H](CSc1ccccc1)Nc1ccc(S(=O)(=O)NC(=O)c2ccc(NCCNCC3=C(c4ccc(Cl)cc4)CCCC3)cc2)cc1S(=O)(=O)C(F)(F)F)C1CC1. The Balaban J connectivity index is 1.09. The number of carbonyl (C=O) groups excluding carboxylic acids is 1. The molecule has 1 saturated carbocycles. The van der Waals surface area contributed by atoms with Crippen LogP contribution in [0.25, 0.3) is 5.57 Å². The van der Waals surface area contributed by atoms with E-state index in [4.69, 9.17) is 11.6 Å². The van der Waals surface area contributed by atoms with Crippen LogP contribution >= 0.6 is 23.4 Å². The number of carbonyl (C=O) groups is 1. The Kier molecular flexibility index (Phi) is 15.3. The van der Waals surface area contributed by atoms with Crippen LogP contribution in [-0.2, 0) is 19.9 Å². The maximum absolute atomic E-state index is 14.1. The minimum atomic E-state index is -6.03. The third-order valence-corrected chi connectivity index (χ3v) is 14.8. The molecule has 0 radical (unpaired) electrons. The Morgan fingerprint density at radius 3 is 2.28 bits per heavy atom. The molecule has 0 aliphatic heterocycles. The van der Waals surface area contributed by atoms with E-state index in [1.807, 2.05) is 54.2 Å². The Morgan fingerprint density at radius 2 is 1.60 bits per heavy atom. The number of halogens is 4. The lowest BCUT2D eigenvalue weighted by molar-refractivity contribution is -0.0435. The van der Waals surface area contributed by atoms with Gasteiger partial charge in [-0.2, -0.15) is 13.2 Å². The Bertz CT molecular complexity index is 2350. The number of nitrogens with zero attached hydrogens (tertiary/aromatic N) is 1. The number of alkyl halides is 3. The quantitative estimate of drug-likeness (QED) is 0.0503. The Labute approximate surface area is 359 Å². The van der Waals surface area contributed by atoms with Crippen molar-refractivity contribution < 1.29 is 34.8 Å². The Morgan fingerprint density at radius 1 is 0.900 bits per heavy atom. The number of nitrogens with one attached hydrogen (secondary N) is 4. The fraction of sp³-hybridized carbons (Fsp3) is 0.372. The van der Waals surface area contributed by atoms with E-state index in [1.54, 1.807) is 12.1 Å². The number of allylic oxidation sites excluding steroid dienone is 1. The number of sulfonamides is 1. The summed E-state index contributed by atoms with van der Waals surface area (Å²) in [6.07, 6.45) is 6.94. The fourth-order valence-electron chi connectivity index (χ4n) is 7.00. The van der Waals surface area contributed by atoms with Gasteiger partial charge in [-0.05, 0) is 130 Å². The van der Waals surface area contributed by atoms with Crippen molar-refractivity contribution >= 4 is 66.1 Å². The van der Waals surface area contributed by atoms with Gasteiger partial charge >= 0.3 is 5.51 Å². The van der Waals surface area contributed by atoms with E-state index < -0.39 is 52.8 Å². The largest absolute Gasteiger partial charge is 0.501 e. The summed E-state index contributed by atoms with van der Waals surface area (Å²) in [5.41, 5.74) is -1.54. The van der Waals surface area contributed by atoms with Crippen LogP contribution in [0, 0.1) is 0 Å². The van der Waals surface area contributed by atoms with Gasteiger partial charge < -0.3 is 20.9 Å². The molecule has 0 unspecified atom stereocenters. The van der Waals surface area contributed by atoms with Gasteiger partial charge in [0, 0.05) is 65.2 Å². The molecule has 0 saturated heterocycles. The van der Waals surface area contributed by atoms with Gasteiger partial charge in [0.1, 0.15) is 4.90 Å². The van der Waals surface area contributed by atoms with Gasteiger partial charge in [0.2, 0.25) is 0 Å². The summed E-state index contributed by atoms with van der Waals surface area (Å²) in [4.78, 5) is 14.1. The highest BCUT2D eigenvalue weighted by molar-refractivity contribution is 7.99. The number of hydrogen-bond donors (Lipinski definition) is 4. The highest BCUT2D eigenvalue weighted by Crippen LogP contribution is 2.37. The zero-order valence-electron chi connectivity index (χ0n) is 33.1. The van der Waals surface area contributed by atoms with Gasteiger partial charge in [-0.25, -0.2) is 21.6 Å². The van der Waals surface area contributed by atoms with Crippen LogP contribution in [0.2, 0.25) is 5.02 Å². The van der Waals surface area contributed by atoms with Crippen molar-refractivity contribution in [3.05, 3.63) is 119 Å². The van der Waals surface area contributed by atoms with E-state index in [1.165, 1.54) is 40.6 Å². The maximum Gasteiger partial charge on any atom is 0.501 e. The summed E-state index contributed by atoms with van der Waals surface area (Å²) in [6.45, 7) is 2.59. The van der Waals surface area contributed by atoms with Crippen LogP contribution in [-0.4, -0.2) is 84.2 Å². The number of rotatable bonds is 20. The maximum atomic E-state index is 14.1. The molecule has 2 aliphatic carbocycles. The molecule has 17 heteroatoms. The second-order valence-electron chi connectivity index (χ2n) is 15.0. The molecule has 0 spiro atoms. The molecule has 322 valence electrons. The predicted octanol–water partition coefficient (Wildman–Crippen LogP) is 8.84. The molecule has 4 aromatic rings. The highest BCUT2D eigenvalue weighted by atomic mass is 35.5. The predicted molar refractivity (Wildman–Crippen MR) is 234 cm³/mol. The summed E-state index contributed by atoms with van der Waals surface area (Å²) in [5, 5.41) is 10.4. The topological polar surface area (TPSA) is 137 Å². The van der Waals surface area contributed by atoms with E-state index >= 15 is 0 Å². The van der Waals surface area contributed by atoms with Crippen LogP contribution in [0.5, 0.6) is 0 Å². The molecule has 1 fully saturated rings. The normalized spacial score (nSPS) is 15.5. The molecule has 1 atom stereocenters. The van der Waals surface area contributed by atoms with Gasteiger partial charge in [-0.3, -0.25) is 4.79 Å². The van der Waals surface area contributed by atoms with Crippen LogP contribution < -0.4 is 20.7 Å². The average molecular weight is 905 g/mol. The van der Waals surface area contributed by atoms with Crippen LogP contribution in [0.1, 0.15) is 60.9 Å². The molecule has 0 bridgehead atoms. The first-order valence-electron chi connectivity index (χ1n) is 19.8. The van der Waals surface area contributed by atoms with Crippen molar-refractivity contribution in [1.82, 2.24) is 14.9 Å². The van der Waals surface area contributed by atoms with Crippen LogP contribution in [0.4, 0.5) is 24.5 Å². The van der Waals surface area contributed by atoms with Crippen molar-refractivity contribution in [2.45, 2.75) is 77.2 Å². The zero-order valence-corrected chi connectivity index (χ0v) is 36.3. The molecule has 60 heavy (non-hydrogen) atoms. The van der Waals surface area contributed by atoms with Gasteiger partial charge in [0.15, 0.2) is 0 Å². The van der Waals surface area contributed by atoms with E-state index in [0.717, 1.165) is 62.1 Å². The number of benzene rings is 4. The van der Waals surface area contributed by atoms with Gasteiger partial charge in [-0.1, -0.05) is 47.5 Å². The van der Waals surface area contributed by atoms with Crippen molar-refractivity contribution in [2.75, 3.05) is 49.6 Å². The third-order valence-electron chi connectivity index (χ3n) is 10.5.